The van der Waals surface area contributed by atoms with Crippen molar-refractivity contribution >= 4 is 22.5 Å². The fourth-order valence-corrected chi connectivity index (χ4v) is 4.14. The van der Waals surface area contributed by atoms with E-state index in [2.05, 4.69) is 0 Å². The molecular formula is C25H17NO3. The number of nitrogens with zero attached hydrogens (tertiary/aromatic N) is 1. The van der Waals surface area contributed by atoms with Gasteiger partial charge in [-0.25, -0.2) is 0 Å². The second kappa shape index (κ2) is 6.38. The molecule has 0 aliphatic heterocycles. The molecule has 0 unspecified atom stereocenters. The van der Waals surface area contributed by atoms with Crippen LogP contribution in [-0.4, -0.2) is 23.7 Å². The van der Waals surface area contributed by atoms with Crippen LogP contribution in [0, 0.1) is 0 Å². The standard InChI is InChI=1S/C25H17NO3/c1-29-18-13-11-17(12-14-18)25(22-15-10-16-6-2-5-9-21(16)26-22)23(27)19-7-3-4-8-20(19)24(25)28/h2-15H,1H3. The molecule has 1 aromatic heterocycles. The number of methoxy groups -OCH3 is 1. The van der Waals surface area contributed by atoms with E-state index in [1.165, 1.54) is 0 Å². The number of para-hydroxylation sites is 1. The van der Waals surface area contributed by atoms with Crippen LogP contribution in [0.5, 0.6) is 5.75 Å². The summed E-state index contributed by atoms with van der Waals surface area (Å²) < 4.78 is 5.26. The average molecular weight is 379 g/mol. The first-order chi connectivity index (χ1) is 14.2. The van der Waals surface area contributed by atoms with Crippen LogP contribution < -0.4 is 4.74 Å². The fraction of sp³-hybridized carbons (Fsp3) is 0.0800. The third-order valence-corrected chi connectivity index (χ3v) is 5.60. The summed E-state index contributed by atoms with van der Waals surface area (Å²) in [7, 11) is 1.58. The maximum atomic E-state index is 13.7. The predicted molar refractivity (Wildman–Crippen MR) is 111 cm³/mol. The minimum atomic E-state index is -1.50. The highest BCUT2D eigenvalue weighted by atomic mass is 16.5. The quantitative estimate of drug-likeness (QED) is 0.488. The molecule has 1 aliphatic rings. The third kappa shape index (κ3) is 2.36. The molecule has 29 heavy (non-hydrogen) atoms. The number of rotatable bonds is 3. The molecule has 0 fully saturated rings. The highest BCUT2D eigenvalue weighted by Crippen LogP contribution is 2.44. The van der Waals surface area contributed by atoms with Gasteiger partial charge in [0, 0.05) is 16.5 Å². The van der Waals surface area contributed by atoms with Crippen molar-refractivity contribution in [2.24, 2.45) is 0 Å². The molecule has 0 radical (unpaired) electrons. The molecule has 0 N–H and O–H groups in total. The van der Waals surface area contributed by atoms with Gasteiger partial charge in [-0.3, -0.25) is 14.6 Å². The third-order valence-electron chi connectivity index (χ3n) is 5.60. The molecule has 4 aromatic rings. The smallest absolute Gasteiger partial charge is 0.188 e. The largest absolute Gasteiger partial charge is 0.497 e. The van der Waals surface area contributed by atoms with E-state index in [0.29, 0.717) is 28.1 Å². The van der Waals surface area contributed by atoms with Crippen molar-refractivity contribution in [3.05, 3.63) is 107 Å². The van der Waals surface area contributed by atoms with Gasteiger partial charge in [-0.1, -0.05) is 60.7 Å². The van der Waals surface area contributed by atoms with Crippen LogP contribution in [0.4, 0.5) is 0 Å². The van der Waals surface area contributed by atoms with Crippen LogP contribution in [0.15, 0.2) is 84.9 Å². The molecule has 0 amide bonds. The maximum absolute atomic E-state index is 13.7. The van der Waals surface area contributed by atoms with Gasteiger partial charge < -0.3 is 4.74 Å². The lowest BCUT2D eigenvalue weighted by Crippen LogP contribution is -2.40. The Balaban J connectivity index is 1.82. The van der Waals surface area contributed by atoms with Crippen molar-refractivity contribution in [3.8, 4) is 5.75 Å². The van der Waals surface area contributed by atoms with E-state index in [4.69, 9.17) is 9.72 Å². The van der Waals surface area contributed by atoms with Gasteiger partial charge >= 0.3 is 0 Å². The van der Waals surface area contributed by atoms with Crippen molar-refractivity contribution in [1.29, 1.82) is 0 Å². The van der Waals surface area contributed by atoms with Gasteiger partial charge in [0.15, 0.2) is 17.0 Å². The normalized spacial score (nSPS) is 14.8. The molecule has 4 nitrogen and oxygen atoms in total. The monoisotopic (exact) mass is 379 g/mol. The molecule has 1 aliphatic carbocycles. The first-order valence-electron chi connectivity index (χ1n) is 9.35. The second-order valence-electron chi connectivity index (χ2n) is 7.07. The lowest BCUT2D eigenvalue weighted by molar-refractivity contribution is 0.0826. The zero-order valence-corrected chi connectivity index (χ0v) is 15.8. The van der Waals surface area contributed by atoms with Gasteiger partial charge in [-0.15, -0.1) is 0 Å². The first-order valence-corrected chi connectivity index (χ1v) is 9.35. The molecular weight excluding hydrogens is 362 g/mol. The van der Waals surface area contributed by atoms with Crippen LogP contribution in [0.1, 0.15) is 32.0 Å². The van der Waals surface area contributed by atoms with E-state index < -0.39 is 5.41 Å². The molecule has 0 saturated heterocycles. The predicted octanol–water partition coefficient (Wildman–Crippen LogP) is 4.61. The van der Waals surface area contributed by atoms with Gasteiger partial charge in [0.25, 0.3) is 0 Å². The van der Waals surface area contributed by atoms with Crippen LogP contribution >= 0.6 is 0 Å². The molecule has 0 spiro atoms. The SMILES string of the molecule is COc1ccc(C2(c3ccc4ccccc4n3)C(=O)c3ccccc3C2=O)cc1. The summed E-state index contributed by atoms with van der Waals surface area (Å²) in [5, 5.41) is 0.955. The summed E-state index contributed by atoms with van der Waals surface area (Å²) in [6.45, 7) is 0. The Hall–Kier alpha value is -3.79. The molecule has 0 atom stereocenters. The van der Waals surface area contributed by atoms with Crippen LogP contribution in [-0.2, 0) is 5.41 Å². The lowest BCUT2D eigenvalue weighted by Gasteiger charge is -2.26. The Morgan fingerprint density at radius 1 is 0.724 bits per heavy atom. The van der Waals surface area contributed by atoms with Crippen LogP contribution in [0.2, 0.25) is 0 Å². The number of carbonyl (C=O) groups is 2. The van der Waals surface area contributed by atoms with Crippen molar-refractivity contribution in [2.75, 3.05) is 7.11 Å². The number of pyridine rings is 1. The second-order valence-corrected chi connectivity index (χ2v) is 7.07. The number of Topliss-reactive ketones (excluding diaryl/α,β-unsaturated/α-hetero) is 2. The summed E-state index contributed by atoms with van der Waals surface area (Å²) in [5.41, 5.74) is 1.14. The Bertz CT molecular complexity index is 1240. The zero-order chi connectivity index (χ0) is 20.0. The van der Waals surface area contributed by atoms with Crippen molar-refractivity contribution in [3.63, 3.8) is 0 Å². The number of benzene rings is 3. The molecule has 0 saturated carbocycles. The first kappa shape index (κ1) is 17.3. The number of hydrogen-bond donors (Lipinski definition) is 0. The topological polar surface area (TPSA) is 56.3 Å². The number of aromatic nitrogens is 1. The summed E-state index contributed by atoms with van der Waals surface area (Å²) >= 11 is 0. The van der Waals surface area contributed by atoms with E-state index >= 15 is 0 Å². The minimum Gasteiger partial charge on any atom is -0.497 e. The van der Waals surface area contributed by atoms with Gasteiger partial charge in [0.05, 0.1) is 18.3 Å². The Morgan fingerprint density at radius 3 is 2.00 bits per heavy atom. The van der Waals surface area contributed by atoms with E-state index in [0.717, 1.165) is 10.9 Å². The van der Waals surface area contributed by atoms with E-state index in [1.54, 1.807) is 61.7 Å². The van der Waals surface area contributed by atoms with Gasteiger partial charge in [0.2, 0.25) is 0 Å². The van der Waals surface area contributed by atoms with E-state index in [1.807, 2.05) is 30.3 Å². The van der Waals surface area contributed by atoms with Crippen LogP contribution in [0.25, 0.3) is 10.9 Å². The Kier molecular flexibility index (Phi) is 3.81. The van der Waals surface area contributed by atoms with E-state index in [-0.39, 0.29) is 11.6 Å². The zero-order valence-electron chi connectivity index (χ0n) is 15.8. The number of hydrogen-bond acceptors (Lipinski definition) is 4. The molecule has 5 rings (SSSR count). The number of ketones is 2. The van der Waals surface area contributed by atoms with Gasteiger partial charge in [-0.05, 0) is 29.8 Å². The molecule has 140 valence electrons. The highest BCUT2D eigenvalue weighted by Gasteiger charge is 2.56. The molecule has 1 heterocycles. The molecule has 0 bridgehead atoms. The number of fused-ring (bicyclic) bond motifs is 2. The summed E-state index contributed by atoms with van der Waals surface area (Å²) in [4.78, 5) is 32.2. The average Bonchev–Trinajstić information content (AvgIpc) is 3.01. The van der Waals surface area contributed by atoms with Gasteiger partial charge in [-0.2, -0.15) is 0 Å². The van der Waals surface area contributed by atoms with Crippen molar-refractivity contribution in [2.45, 2.75) is 5.41 Å². The summed E-state index contributed by atoms with van der Waals surface area (Å²) in [6, 6.07) is 25.4. The number of ether oxygens (including phenoxy) is 1. The van der Waals surface area contributed by atoms with Gasteiger partial charge in [0.1, 0.15) is 5.75 Å². The van der Waals surface area contributed by atoms with E-state index in [9.17, 15) is 9.59 Å². The lowest BCUT2D eigenvalue weighted by atomic mass is 9.73. The summed E-state index contributed by atoms with van der Waals surface area (Å²) in [6.07, 6.45) is 0. The highest BCUT2D eigenvalue weighted by molar-refractivity contribution is 6.35. The maximum Gasteiger partial charge on any atom is 0.188 e. The Labute approximate surface area is 167 Å². The molecule has 3 aromatic carbocycles. The Morgan fingerprint density at radius 2 is 1.34 bits per heavy atom. The van der Waals surface area contributed by atoms with Crippen molar-refractivity contribution < 1.29 is 14.3 Å². The fourth-order valence-electron chi connectivity index (χ4n) is 4.14. The number of carbonyl (C=O) groups excluding carboxylic acids is 2. The summed E-state index contributed by atoms with van der Waals surface area (Å²) in [5.74, 6) is 0.169. The van der Waals surface area contributed by atoms with Crippen molar-refractivity contribution in [1.82, 2.24) is 4.98 Å². The van der Waals surface area contributed by atoms with Crippen LogP contribution in [0.3, 0.4) is 0 Å². The minimum absolute atomic E-state index is 0.244. The molecule has 4 heteroatoms.